The molecule has 1 unspecified atom stereocenters. The molecule has 0 bridgehead atoms. The van der Waals surface area contributed by atoms with E-state index in [1.165, 1.54) is 22.5 Å². The number of hydrogen-bond acceptors (Lipinski definition) is 6. The van der Waals surface area contributed by atoms with E-state index >= 15 is 0 Å². The average molecular weight is 415 g/mol. The standard InChI is InChI=1S/C18H15ClN6O2S/c1-10(15(26)21-14-8-7-11(19)9-20-14)28-18-23-22-17-24(2)16(27)12-5-3-4-6-13(12)25(17)18/h3-10H,1-2H3,(H,20,21,26). The largest absolute Gasteiger partial charge is 0.310 e. The highest BCUT2D eigenvalue weighted by Gasteiger charge is 2.21. The summed E-state index contributed by atoms with van der Waals surface area (Å²) in [6.07, 6.45) is 1.47. The molecule has 0 aliphatic heterocycles. The molecule has 0 saturated heterocycles. The third-order valence-corrected chi connectivity index (χ3v) is 5.49. The smallest absolute Gasteiger partial charge is 0.262 e. The summed E-state index contributed by atoms with van der Waals surface area (Å²) in [5, 5.41) is 12.2. The molecule has 1 atom stereocenters. The topological polar surface area (TPSA) is 94.2 Å². The molecule has 1 aromatic carbocycles. The summed E-state index contributed by atoms with van der Waals surface area (Å²) in [5.74, 6) is 0.602. The second-order valence-corrected chi connectivity index (χ2v) is 7.85. The molecule has 28 heavy (non-hydrogen) atoms. The summed E-state index contributed by atoms with van der Waals surface area (Å²) < 4.78 is 3.23. The van der Waals surface area contributed by atoms with Crippen molar-refractivity contribution in [3.8, 4) is 0 Å². The first kappa shape index (κ1) is 18.5. The van der Waals surface area contributed by atoms with Gasteiger partial charge in [-0.2, -0.15) is 0 Å². The van der Waals surface area contributed by atoms with Crippen molar-refractivity contribution in [1.29, 1.82) is 0 Å². The van der Waals surface area contributed by atoms with E-state index in [-0.39, 0.29) is 11.5 Å². The maximum Gasteiger partial charge on any atom is 0.262 e. The SMILES string of the molecule is CC(Sc1nnc2n(C)c(=O)c3ccccc3n12)C(=O)Nc1ccc(Cl)cn1. The monoisotopic (exact) mass is 414 g/mol. The number of para-hydroxylation sites is 1. The zero-order valence-corrected chi connectivity index (χ0v) is 16.5. The minimum Gasteiger partial charge on any atom is -0.310 e. The fourth-order valence-electron chi connectivity index (χ4n) is 2.78. The van der Waals surface area contributed by atoms with Gasteiger partial charge in [-0.05, 0) is 31.2 Å². The van der Waals surface area contributed by atoms with Crippen LogP contribution in [0.25, 0.3) is 16.7 Å². The maximum atomic E-state index is 12.5. The number of pyridine rings is 1. The molecule has 1 N–H and O–H groups in total. The summed E-state index contributed by atoms with van der Waals surface area (Å²) in [5.41, 5.74) is 0.548. The number of halogens is 1. The van der Waals surface area contributed by atoms with E-state index in [0.29, 0.717) is 32.7 Å². The van der Waals surface area contributed by atoms with Gasteiger partial charge in [-0.25, -0.2) is 4.98 Å². The number of carbonyl (C=O) groups excluding carboxylic acids is 1. The van der Waals surface area contributed by atoms with Crippen LogP contribution in [0.3, 0.4) is 0 Å². The fourth-order valence-corrected chi connectivity index (χ4v) is 3.74. The lowest BCUT2D eigenvalue weighted by Gasteiger charge is -2.11. The maximum absolute atomic E-state index is 12.5. The molecule has 1 amide bonds. The Morgan fingerprint density at radius 3 is 2.75 bits per heavy atom. The fraction of sp³-hybridized carbons (Fsp3) is 0.167. The van der Waals surface area contributed by atoms with E-state index in [4.69, 9.17) is 11.6 Å². The normalized spacial score (nSPS) is 12.4. The number of aryl methyl sites for hydroxylation is 1. The molecule has 0 aliphatic carbocycles. The number of rotatable bonds is 4. The van der Waals surface area contributed by atoms with Gasteiger partial charge in [0.05, 0.1) is 21.2 Å². The molecule has 3 aromatic heterocycles. The Morgan fingerprint density at radius 2 is 2.00 bits per heavy atom. The van der Waals surface area contributed by atoms with Gasteiger partial charge in [0.1, 0.15) is 5.82 Å². The first-order valence-electron chi connectivity index (χ1n) is 8.37. The molecule has 0 fully saturated rings. The highest BCUT2D eigenvalue weighted by molar-refractivity contribution is 8.00. The molecular formula is C18H15ClN6O2S. The Labute approximate surface area is 168 Å². The summed E-state index contributed by atoms with van der Waals surface area (Å²) >= 11 is 7.06. The van der Waals surface area contributed by atoms with Crippen LogP contribution in [0, 0.1) is 0 Å². The predicted molar refractivity (Wildman–Crippen MR) is 109 cm³/mol. The number of thioether (sulfide) groups is 1. The van der Waals surface area contributed by atoms with Gasteiger partial charge in [0, 0.05) is 13.2 Å². The predicted octanol–water partition coefficient (Wildman–Crippen LogP) is 2.75. The molecule has 4 aromatic rings. The molecule has 0 radical (unpaired) electrons. The van der Waals surface area contributed by atoms with Crippen LogP contribution in [0.2, 0.25) is 5.02 Å². The summed E-state index contributed by atoms with van der Waals surface area (Å²) in [4.78, 5) is 29.1. The van der Waals surface area contributed by atoms with Crippen molar-refractivity contribution in [2.24, 2.45) is 7.05 Å². The second kappa shape index (κ2) is 7.25. The van der Waals surface area contributed by atoms with E-state index in [9.17, 15) is 9.59 Å². The van der Waals surface area contributed by atoms with Gasteiger partial charge in [-0.15, -0.1) is 10.2 Å². The lowest BCUT2D eigenvalue weighted by Crippen LogP contribution is -2.23. The molecule has 0 saturated carbocycles. The van der Waals surface area contributed by atoms with Gasteiger partial charge in [0.15, 0.2) is 5.16 Å². The first-order valence-corrected chi connectivity index (χ1v) is 9.63. The van der Waals surface area contributed by atoms with Crippen molar-refractivity contribution in [1.82, 2.24) is 24.1 Å². The molecule has 3 heterocycles. The van der Waals surface area contributed by atoms with Crippen molar-refractivity contribution < 1.29 is 4.79 Å². The van der Waals surface area contributed by atoms with Crippen molar-refractivity contribution in [3.63, 3.8) is 0 Å². The molecule has 8 nitrogen and oxygen atoms in total. The number of benzene rings is 1. The van der Waals surface area contributed by atoms with Crippen molar-refractivity contribution in [2.45, 2.75) is 17.3 Å². The van der Waals surface area contributed by atoms with E-state index in [1.807, 2.05) is 18.2 Å². The molecule has 4 rings (SSSR count). The number of carbonyl (C=O) groups is 1. The van der Waals surface area contributed by atoms with Crippen LogP contribution < -0.4 is 10.9 Å². The molecule has 10 heteroatoms. The van der Waals surface area contributed by atoms with Gasteiger partial charge < -0.3 is 5.32 Å². The Hall–Kier alpha value is -2.91. The number of amides is 1. The van der Waals surface area contributed by atoms with Crippen LogP contribution in [0.1, 0.15) is 6.92 Å². The molecule has 0 spiro atoms. The van der Waals surface area contributed by atoms with Gasteiger partial charge >= 0.3 is 0 Å². The number of hydrogen-bond donors (Lipinski definition) is 1. The molecule has 142 valence electrons. The Morgan fingerprint density at radius 1 is 1.21 bits per heavy atom. The highest BCUT2D eigenvalue weighted by atomic mass is 35.5. The van der Waals surface area contributed by atoms with E-state index in [2.05, 4.69) is 20.5 Å². The van der Waals surface area contributed by atoms with E-state index < -0.39 is 5.25 Å². The number of nitrogens with zero attached hydrogens (tertiary/aromatic N) is 5. The quantitative estimate of drug-likeness (QED) is 0.516. The zero-order chi connectivity index (χ0) is 19.8. The van der Waals surface area contributed by atoms with Crippen LogP contribution >= 0.6 is 23.4 Å². The van der Waals surface area contributed by atoms with Crippen LogP contribution in [-0.2, 0) is 11.8 Å². The molecular weight excluding hydrogens is 400 g/mol. The minimum atomic E-state index is -0.471. The third-order valence-electron chi connectivity index (χ3n) is 4.23. The van der Waals surface area contributed by atoms with E-state index in [0.717, 1.165) is 0 Å². The van der Waals surface area contributed by atoms with Crippen LogP contribution in [-0.4, -0.2) is 35.3 Å². The highest BCUT2D eigenvalue weighted by Crippen LogP contribution is 2.25. The van der Waals surface area contributed by atoms with Gasteiger partial charge in [0.2, 0.25) is 11.7 Å². The number of fused-ring (bicyclic) bond motifs is 3. The first-order chi connectivity index (χ1) is 13.5. The van der Waals surface area contributed by atoms with Gasteiger partial charge in [-0.1, -0.05) is 35.5 Å². The summed E-state index contributed by atoms with van der Waals surface area (Å²) in [7, 11) is 1.65. The number of aromatic nitrogens is 5. The van der Waals surface area contributed by atoms with Crippen molar-refractivity contribution >= 4 is 51.8 Å². The summed E-state index contributed by atoms with van der Waals surface area (Å²) in [6, 6.07) is 10.5. The average Bonchev–Trinajstić information content (AvgIpc) is 3.11. The lowest BCUT2D eigenvalue weighted by molar-refractivity contribution is -0.115. The Balaban J connectivity index is 1.67. The molecule has 0 aliphatic rings. The van der Waals surface area contributed by atoms with Crippen molar-refractivity contribution in [2.75, 3.05) is 5.32 Å². The van der Waals surface area contributed by atoms with Gasteiger partial charge in [0.25, 0.3) is 5.56 Å². The minimum absolute atomic E-state index is 0.147. The van der Waals surface area contributed by atoms with Crippen LogP contribution in [0.5, 0.6) is 0 Å². The van der Waals surface area contributed by atoms with Gasteiger partial charge in [-0.3, -0.25) is 18.6 Å². The van der Waals surface area contributed by atoms with Crippen molar-refractivity contribution in [3.05, 3.63) is 58.0 Å². The Kier molecular flexibility index (Phi) is 4.78. The Bertz CT molecular complexity index is 1250. The van der Waals surface area contributed by atoms with Crippen LogP contribution in [0.15, 0.2) is 52.5 Å². The second-order valence-electron chi connectivity index (χ2n) is 6.11. The summed E-state index contributed by atoms with van der Waals surface area (Å²) in [6.45, 7) is 1.77. The number of nitrogens with one attached hydrogen (secondary N) is 1. The zero-order valence-electron chi connectivity index (χ0n) is 15.0. The lowest BCUT2D eigenvalue weighted by atomic mass is 10.2. The van der Waals surface area contributed by atoms with Crippen LogP contribution in [0.4, 0.5) is 5.82 Å². The van der Waals surface area contributed by atoms with E-state index in [1.54, 1.807) is 36.6 Å². The number of anilines is 1. The third kappa shape index (κ3) is 3.23.